The van der Waals surface area contributed by atoms with Crippen molar-refractivity contribution in [3.05, 3.63) is 23.2 Å². The summed E-state index contributed by atoms with van der Waals surface area (Å²) in [7, 11) is 0. The van der Waals surface area contributed by atoms with Crippen LogP contribution in [0.25, 0.3) is 10.2 Å². The zero-order valence-corrected chi connectivity index (χ0v) is 13.2. The van der Waals surface area contributed by atoms with Crippen molar-refractivity contribution in [3.8, 4) is 0 Å². The van der Waals surface area contributed by atoms with E-state index >= 15 is 0 Å². The van der Waals surface area contributed by atoms with Gasteiger partial charge in [-0.2, -0.15) is 0 Å². The summed E-state index contributed by atoms with van der Waals surface area (Å²) >= 11 is 1.59. The summed E-state index contributed by atoms with van der Waals surface area (Å²) in [6.07, 6.45) is 2.66. The number of nitrogens with one attached hydrogen (secondary N) is 1. The van der Waals surface area contributed by atoms with Crippen molar-refractivity contribution < 1.29 is 14.7 Å². The maximum absolute atomic E-state index is 12.4. The molecule has 2 atom stereocenters. The fraction of sp³-hybridized carbons (Fsp3) is 0.438. The molecular formula is C16H18N2O3S. The van der Waals surface area contributed by atoms with Crippen LogP contribution < -0.4 is 5.32 Å². The molecule has 1 amide bonds. The lowest BCUT2D eigenvalue weighted by Crippen LogP contribution is -2.30. The highest BCUT2D eigenvalue weighted by atomic mass is 32.1. The number of aliphatic carboxylic acids is 1. The zero-order valence-electron chi connectivity index (χ0n) is 12.3. The molecule has 2 aromatic rings. The molecule has 2 unspecified atom stereocenters. The van der Waals surface area contributed by atoms with Gasteiger partial charge in [0.25, 0.3) is 0 Å². The van der Waals surface area contributed by atoms with Crippen molar-refractivity contribution in [1.82, 2.24) is 4.98 Å². The zero-order chi connectivity index (χ0) is 15.7. The van der Waals surface area contributed by atoms with Crippen LogP contribution >= 0.6 is 11.3 Å². The molecule has 1 aliphatic rings. The lowest BCUT2D eigenvalue weighted by Gasteiger charge is -2.25. The summed E-state index contributed by atoms with van der Waals surface area (Å²) in [5.74, 6) is -1.48. The van der Waals surface area contributed by atoms with Crippen LogP contribution in [0, 0.1) is 18.8 Å². The van der Waals surface area contributed by atoms with Crippen LogP contribution in [0.1, 0.15) is 30.7 Å². The molecule has 1 saturated carbocycles. The number of aromatic nitrogens is 1. The Kier molecular flexibility index (Phi) is 4.11. The lowest BCUT2D eigenvalue weighted by atomic mass is 9.81. The number of rotatable bonds is 3. The smallest absolute Gasteiger partial charge is 0.306 e. The predicted octanol–water partition coefficient (Wildman–Crippen LogP) is 3.43. The molecule has 1 fully saturated rings. The second-order valence-corrected chi connectivity index (χ2v) is 7.04. The predicted molar refractivity (Wildman–Crippen MR) is 86.1 cm³/mol. The van der Waals surface area contributed by atoms with Gasteiger partial charge >= 0.3 is 5.97 Å². The van der Waals surface area contributed by atoms with E-state index in [0.29, 0.717) is 12.8 Å². The summed E-state index contributed by atoms with van der Waals surface area (Å²) < 4.78 is 1.04. The molecule has 0 saturated heterocycles. The first kappa shape index (κ1) is 15.0. The summed E-state index contributed by atoms with van der Waals surface area (Å²) in [6, 6.07) is 5.67. The van der Waals surface area contributed by atoms with Crippen molar-refractivity contribution in [2.24, 2.45) is 11.8 Å². The number of aryl methyl sites for hydroxylation is 1. The fourth-order valence-electron chi connectivity index (χ4n) is 3.01. The number of carboxylic acid groups (broad SMARTS) is 1. The van der Waals surface area contributed by atoms with Gasteiger partial charge in [0.15, 0.2) is 0 Å². The van der Waals surface area contributed by atoms with Crippen molar-refractivity contribution in [2.75, 3.05) is 5.32 Å². The number of hydrogen-bond donors (Lipinski definition) is 2. The van der Waals surface area contributed by atoms with Gasteiger partial charge in [0.1, 0.15) is 0 Å². The average Bonchev–Trinajstić information content (AvgIpc) is 2.86. The van der Waals surface area contributed by atoms with Gasteiger partial charge in [-0.1, -0.05) is 6.42 Å². The molecule has 1 aromatic carbocycles. The highest BCUT2D eigenvalue weighted by Gasteiger charge is 2.31. The van der Waals surface area contributed by atoms with E-state index in [1.165, 1.54) is 0 Å². The second-order valence-electron chi connectivity index (χ2n) is 5.80. The number of anilines is 1. The Morgan fingerprint density at radius 1 is 1.32 bits per heavy atom. The molecule has 3 rings (SSSR count). The fourth-order valence-corrected chi connectivity index (χ4v) is 3.88. The Labute approximate surface area is 132 Å². The van der Waals surface area contributed by atoms with E-state index in [1.807, 2.05) is 25.1 Å². The number of benzene rings is 1. The number of thiazole rings is 1. The Morgan fingerprint density at radius 3 is 2.86 bits per heavy atom. The quantitative estimate of drug-likeness (QED) is 0.908. The highest BCUT2D eigenvalue weighted by molar-refractivity contribution is 7.18. The Morgan fingerprint density at radius 2 is 2.09 bits per heavy atom. The lowest BCUT2D eigenvalue weighted by molar-refractivity contribution is -0.143. The van der Waals surface area contributed by atoms with Gasteiger partial charge in [0.05, 0.1) is 21.1 Å². The monoisotopic (exact) mass is 318 g/mol. The van der Waals surface area contributed by atoms with Gasteiger partial charge in [-0.15, -0.1) is 11.3 Å². The summed E-state index contributed by atoms with van der Waals surface area (Å²) in [5, 5.41) is 13.0. The molecule has 0 spiro atoms. The van der Waals surface area contributed by atoms with E-state index in [9.17, 15) is 9.59 Å². The highest BCUT2D eigenvalue weighted by Crippen LogP contribution is 2.31. The van der Waals surface area contributed by atoms with E-state index < -0.39 is 11.9 Å². The third-order valence-electron chi connectivity index (χ3n) is 4.16. The SMILES string of the molecule is Cc1nc2ccc(NC(=O)C3CCCC(C(=O)O)C3)cc2s1. The molecule has 5 nitrogen and oxygen atoms in total. The number of carbonyl (C=O) groups is 2. The van der Waals surface area contributed by atoms with Gasteiger partial charge in [-0.25, -0.2) is 4.98 Å². The van der Waals surface area contributed by atoms with Gasteiger partial charge in [0, 0.05) is 11.6 Å². The van der Waals surface area contributed by atoms with Gasteiger partial charge < -0.3 is 10.4 Å². The minimum atomic E-state index is -0.793. The van der Waals surface area contributed by atoms with Gasteiger partial charge in [-0.05, 0) is 44.4 Å². The molecule has 1 heterocycles. The average molecular weight is 318 g/mol. The Balaban J connectivity index is 1.70. The van der Waals surface area contributed by atoms with Crippen LogP contribution in [0.5, 0.6) is 0 Å². The van der Waals surface area contributed by atoms with Gasteiger partial charge in [0.2, 0.25) is 5.91 Å². The Hall–Kier alpha value is -1.95. The van der Waals surface area contributed by atoms with E-state index in [0.717, 1.165) is 33.8 Å². The number of carboxylic acids is 1. The second kappa shape index (κ2) is 6.04. The molecular weight excluding hydrogens is 300 g/mol. The molecule has 0 radical (unpaired) electrons. The normalized spacial score (nSPS) is 21.7. The van der Waals surface area contributed by atoms with Crippen LogP contribution in [0.3, 0.4) is 0 Å². The maximum Gasteiger partial charge on any atom is 0.306 e. The van der Waals surface area contributed by atoms with E-state index in [1.54, 1.807) is 11.3 Å². The standard InChI is InChI=1S/C16H18N2O3S/c1-9-17-13-6-5-12(8-14(13)22-9)18-15(19)10-3-2-4-11(7-10)16(20)21/h5-6,8,10-11H,2-4,7H2,1H3,(H,18,19)(H,20,21). The molecule has 116 valence electrons. The van der Waals surface area contributed by atoms with Crippen LogP contribution in [-0.4, -0.2) is 22.0 Å². The van der Waals surface area contributed by atoms with E-state index in [4.69, 9.17) is 5.11 Å². The van der Waals surface area contributed by atoms with Crippen molar-refractivity contribution in [2.45, 2.75) is 32.6 Å². The van der Waals surface area contributed by atoms with Crippen LogP contribution in [0.4, 0.5) is 5.69 Å². The number of carbonyl (C=O) groups excluding carboxylic acids is 1. The molecule has 1 aromatic heterocycles. The summed E-state index contributed by atoms with van der Waals surface area (Å²) in [5.41, 5.74) is 1.68. The molecule has 2 N–H and O–H groups in total. The minimum absolute atomic E-state index is 0.0773. The van der Waals surface area contributed by atoms with Crippen molar-refractivity contribution in [1.29, 1.82) is 0 Å². The van der Waals surface area contributed by atoms with Crippen LogP contribution in [-0.2, 0) is 9.59 Å². The largest absolute Gasteiger partial charge is 0.481 e. The van der Waals surface area contributed by atoms with Gasteiger partial charge in [-0.3, -0.25) is 9.59 Å². The molecule has 22 heavy (non-hydrogen) atoms. The first-order valence-electron chi connectivity index (χ1n) is 7.44. The first-order valence-corrected chi connectivity index (χ1v) is 8.25. The summed E-state index contributed by atoms with van der Waals surface area (Å²) in [4.78, 5) is 27.8. The first-order chi connectivity index (χ1) is 10.5. The number of hydrogen-bond acceptors (Lipinski definition) is 4. The van der Waals surface area contributed by atoms with Crippen LogP contribution in [0.15, 0.2) is 18.2 Å². The van der Waals surface area contributed by atoms with Crippen molar-refractivity contribution >= 4 is 39.1 Å². The van der Waals surface area contributed by atoms with E-state index in [-0.39, 0.29) is 11.8 Å². The number of nitrogens with zero attached hydrogens (tertiary/aromatic N) is 1. The third kappa shape index (κ3) is 3.11. The van der Waals surface area contributed by atoms with E-state index in [2.05, 4.69) is 10.3 Å². The molecule has 0 aliphatic heterocycles. The molecule has 0 bridgehead atoms. The molecule has 6 heteroatoms. The van der Waals surface area contributed by atoms with Crippen molar-refractivity contribution in [3.63, 3.8) is 0 Å². The summed E-state index contributed by atoms with van der Waals surface area (Å²) in [6.45, 7) is 1.96. The number of amides is 1. The minimum Gasteiger partial charge on any atom is -0.481 e. The molecule has 1 aliphatic carbocycles. The number of fused-ring (bicyclic) bond motifs is 1. The maximum atomic E-state index is 12.4. The topological polar surface area (TPSA) is 79.3 Å². The van der Waals surface area contributed by atoms with Crippen LogP contribution in [0.2, 0.25) is 0 Å². The third-order valence-corrected chi connectivity index (χ3v) is 5.09. The Bertz CT molecular complexity index is 725.